The molecule has 1 amide bonds. The number of rotatable bonds is 10. The molecule has 0 saturated heterocycles. The minimum Gasteiger partial charge on any atom is -0.410 e. The number of pyridine rings is 1. The maximum Gasteiger partial charge on any atom is 0.412 e. The summed E-state index contributed by atoms with van der Waals surface area (Å²) < 4.78 is 5.46. The van der Waals surface area contributed by atoms with Gasteiger partial charge in [-0.1, -0.05) is 57.2 Å². The molecule has 1 N–H and O–H groups in total. The Morgan fingerprint density at radius 2 is 1.79 bits per heavy atom. The first-order chi connectivity index (χ1) is 14.3. The molecule has 0 aliphatic rings. The molecule has 0 aliphatic heterocycles. The molecule has 2 aromatic heterocycles. The van der Waals surface area contributed by atoms with E-state index < -0.39 is 6.09 Å². The Hall–Kier alpha value is -2.66. The lowest BCUT2D eigenvalue weighted by Gasteiger charge is -2.09. The minimum absolute atomic E-state index is 0.402. The van der Waals surface area contributed by atoms with Gasteiger partial charge in [-0.05, 0) is 41.6 Å². The molecule has 29 heavy (non-hydrogen) atoms. The van der Waals surface area contributed by atoms with Crippen molar-refractivity contribution in [3.05, 3.63) is 60.2 Å². The number of aromatic nitrogens is 1. The van der Waals surface area contributed by atoms with Crippen molar-refractivity contribution >= 4 is 17.4 Å². The maximum absolute atomic E-state index is 12.1. The zero-order valence-electron chi connectivity index (χ0n) is 16.9. The van der Waals surface area contributed by atoms with Gasteiger partial charge in [-0.25, -0.2) is 4.79 Å². The second-order valence-corrected chi connectivity index (χ2v) is 8.00. The molecule has 0 aliphatic carbocycles. The van der Waals surface area contributed by atoms with Crippen LogP contribution in [0.2, 0.25) is 0 Å². The summed E-state index contributed by atoms with van der Waals surface area (Å²) in [6.07, 6.45) is 10.5. The molecule has 0 atom stereocenters. The molecular weight excluding hydrogens is 380 g/mol. The van der Waals surface area contributed by atoms with E-state index in [1.165, 1.54) is 30.6 Å². The number of ether oxygens (including phenoxy) is 1. The van der Waals surface area contributed by atoms with Gasteiger partial charge in [-0.15, -0.1) is 11.3 Å². The summed E-state index contributed by atoms with van der Waals surface area (Å²) in [5.74, 6) is 0.532. The highest BCUT2D eigenvalue weighted by molar-refractivity contribution is 7.13. The van der Waals surface area contributed by atoms with E-state index in [0.717, 1.165) is 29.5 Å². The number of nitrogens with one attached hydrogen (secondary N) is 1. The van der Waals surface area contributed by atoms with E-state index in [-0.39, 0.29) is 0 Å². The molecule has 4 nitrogen and oxygen atoms in total. The monoisotopic (exact) mass is 408 g/mol. The Morgan fingerprint density at radius 1 is 0.966 bits per heavy atom. The lowest BCUT2D eigenvalue weighted by Crippen LogP contribution is -2.27. The molecule has 0 spiro atoms. The maximum atomic E-state index is 12.1. The van der Waals surface area contributed by atoms with Crippen LogP contribution in [0.15, 0.2) is 60.2 Å². The normalized spacial score (nSPS) is 10.7. The highest BCUT2D eigenvalue weighted by Crippen LogP contribution is 2.29. The second kappa shape index (κ2) is 11.4. The van der Waals surface area contributed by atoms with Crippen molar-refractivity contribution in [3.63, 3.8) is 0 Å². The van der Waals surface area contributed by atoms with E-state index in [4.69, 9.17) is 4.74 Å². The average Bonchev–Trinajstić information content (AvgIpc) is 3.28. The van der Waals surface area contributed by atoms with Crippen molar-refractivity contribution in [2.75, 3.05) is 6.54 Å². The number of nitrogens with zero attached hydrogens (tertiary/aromatic N) is 1. The standard InChI is InChI=1S/C24H28N2O2S/c1-2-3-4-5-6-7-13-26-24(27)28-22-11-8-10-19(16-22)20-15-21(18-25-17-20)23-12-9-14-29-23/h8-12,14-18H,2-7,13H2,1H3,(H,26,27). The van der Waals surface area contributed by atoms with E-state index in [1.807, 2.05) is 36.7 Å². The SMILES string of the molecule is CCCCCCCCNC(=O)Oc1cccc(-c2cncc(-c3cccs3)c2)c1. The fourth-order valence-electron chi connectivity index (χ4n) is 3.15. The topological polar surface area (TPSA) is 51.2 Å². The first-order valence-corrected chi connectivity index (χ1v) is 11.2. The van der Waals surface area contributed by atoms with E-state index in [1.54, 1.807) is 17.4 Å². The summed E-state index contributed by atoms with van der Waals surface area (Å²) in [6.45, 7) is 2.86. The van der Waals surface area contributed by atoms with Crippen LogP contribution >= 0.6 is 11.3 Å². The molecule has 0 radical (unpaired) electrons. The van der Waals surface area contributed by atoms with Gasteiger partial charge < -0.3 is 10.1 Å². The lowest BCUT2D eigenvalue weighted by atomic mass is 10.1. The van der Waals surface area contributed by atoms with E-state index in [0.29, 0.717) is 12.3 Å². The van der Waals surface area contributed by atoms with E-state index >= 15 is 0 Å². The average molecular weight is 409 g/mol. The summed E-state index contributed by atoms with van der Waals surface area (Å²) in [7, 11) is 0. The molecule has 0 bridgehead atoms. The molecule has 3 rings (SSSR count). The molecular formula is C24H28N2O2S. The second-order valence-electron chi connectivity index (χ2n) is 7.05. The number of carbonyl (C=O) groups excluding carboxylic acids is 1. The summed E-state index contributed by atoms with van der Waals surface area (Å²) >= 11 is 1.69. The van der Waals surface area contributed by atoms with Gasteiger partial charge in [0.05, 0.1) is 0 Å². The zero-order valence-corrected chi connectivity index (χ0v) is 17.7. The van der Waals surface area contributed by atoms with Crippen molar-refractivity contribution in [2.45, 2.75) is 45.4 Å². The molecule has 5 heteroatoms. The van der Waals surface area contributed by atoms with Crippen molar-refractivity contribution in [1.82, 2.24) is 10.3 Å². The predicted octanol–water partition coefficient (Wildman–Crippen LogP) is 6.93. The van der Waals surface area contributed by atoms with Crippen LogP contribution in [-0.4, -0.2) is 17.6 Å². The van der Waals surface area contributed by atoms with Crippen LogP contribution in [0.4, 0.5) is 4.79 Å². The first-order valence-electron chi connectivity index (χ1n) is 10.3. The van der Waals surface area contributed by atoms with Gasteiger partial charge in [0, 0.05) is 34.9 Å². The highest BCUT2D eigenvalue weighted by atomic mass is 32.1. The van der Waals surface area contributed by atoms with Crippen LogP contribution in [-0.2, 0) is 0 Å². The predicted molar refractivity (Wildman–Crippen MR) is 120 cm³/mol. The van der Waals surface area contributed by atoms with Crippen molar-refractivity contribution in [3.8, 4) is 27.3 Å². The molecule has 1 aromatic carbocycles. The molecule has 0 unspecified atom stereocenters. The molecule has 3 aromatic rings. The zero-order chi connectivity index (χ0) is 20.3. The highest BCUT2D eigenvalue weighted by Gasteiger charge is 2.07. The fourth-order valence-corrected chi connectivity index (χ4v) is 3.86. The van der Waals surface area contributed by atoms with Crippen LogP contribution < -0.4 is 10.1 Å². The van der Waals surface area contributed by atoms with Crippen LogP contribution in [0.25, 0.3) is 21.6 Å². The number of unbranched alkanes of at least 4 members (excludes halogenated alkanes) is 5. The van der Waals surface area contributed by atoms with Gasteiger partial charge in [0.25, 0.3) is 0 Å². The first kappa shape index (κ1) is 21.1. The molecule has 0 fully saturated rings. The third-order valence-electron chi connectivity index (χ3n) is 4.72. The van der Waals surface area contributed by atoms with Crippen LogP contribution in [0.3, 0.4) is 0 Å². The smallest absolute Gasteiger partial charge is 0.410 e. The van der Waals surface area contributed by atoms with Crippen LogP contribution in [0.5, 0.6) is 5.75 Å². The lowest BCUT2D eigenvalue weighted by molar-refractivity contribution is 0.200. The quantitative estimate of drug-likeness (QED) is 0.370. The Bertz CT molecular complexity index is 893. The number of carbonyl (C=O) groups is 1. The van der Waals surface area contributed by atoms with Gasteiger partial charge >= 0.3 is 6.09 Å². The van der Waals surface area contributed by atoms with Gasteiger partial charge in [-0.3, -0.25) is 4.98 Å². The summed E-state index contributed by atoms with van der Waals surface area (Å²) in [5, 5.41) is 4.89. The Morgan fingerprint density at radius 3 is 2.62 bits per heavy atom. The van der Waals surface area contributed by atoms with Gasteiger partial charge in [0.1, 0.15) is 5.75 Å². The third-order valence-corrected chi connectivity index (χ3v) is 5.64. The largest absolute Gasteiger partial charge is 0.412 e. The summed E-state index contributed by atoms with van der Waals surface area (Å²) in [6, 6.07) is 13.8. The van der Waals surface area contributed by atoms with Crippen molar-refractivity contribution < 1.29 is 9.53 Å². The summed E-state index contributed by atoms with van der Waals surface area (Å²) in [4.78, 5) is 17.6. The van der Waals surface area contributed by atoms with Crippen molar-refractivity contribution in [1.29, 1.82) is 0 Å². The number of thiophene rings is 1. The molecule has 2 heterocycles. The van der Waals surface area contributed by atoms with Gasteiger partial charge in [0.15, 0.2) is 0 Å². The Balaban J connectivity index is 1.53. The Kier molecular flexibility index (Phi) is 8.25. The Labute approximate surface area is 177 Å². The van der Waals surface area contributed by atoms with Gasteiger partial charge in [-0.2, -0.15) is 0 Å². The minimum atomic E-state index is -0.402. The third kappa shape index (κ3) is 6.71. The number of benzene rings is 1. The van der Waals surface area contributed by atoms with E-state index in [2.05, 4.69) is 34.7 Å². The number of amides is 1. The molecule has 152 valence electrons. The number of hydrogen-bond acceptors (Lipinski definition) is 4. The molecule has 0 saturated carbocycles. The van der Waals surface area contributed by atoms with Crippen LogP contribution in [0, 0.1) is 0 Å². The number of hydrogen-bond donors (Lipinski definition) is 1. The van der Waals surface area contributed by atoms with Gasteiger partial charge in [0.2, 0.25) is 0 Å². The fraction of sp³-hybridized carbons (Fsp3) is 0.333. The summed E-state index contributed by atoms with van der Waals surface area (Å²) in [5.41, 5.74) is 3.05. The van der Waals surface area contributed by atoms with E-state index in [9.17, 15) is 4.79 Å². The van der Waals surface area contributed by atoms with Crippen LogP contribution in [0.1, 0.15) is 45.4 Å². The van der Waals surface area contributed by atoms with Crippen molar-refractivity contribution in [2.24, 2.45) is 0 Å².